The van der Waals surface area contributed by atoms with E-state index in [-0.39, 0.29) is 37.7 Å². The Balaban J connectivity index is 1.56. The minimum Gasteiger partial charge on any atom is -0.497 e. The number of ether oxygens (including phenoxy) is 2. The average molecular weight is 626 g/mol. The van der Waals surface area contributed by atoms with Gasteiger partial charge in [-0.05, 0) is 36.8 Å². The van der Waals surface area contributed by atoms with Crippen molar-refractivity contribution in [2.24, 2.45) is 0 Å². The van der Waals surface area contributed by atoms with E-state index in [1.165, 1.54) is 15.9 Å². The van der Waals surface area contributed by atoms with Crippen LogP contribution in [0.1, 0.15) is 30.3 Å². The van der Waals surface area contributed by atoms with Crippen LogP contribution in [-0.2, 0) is 14.1 Å². The van der Waals surface area contributed by atoms with E-state index in [2.05, 4.69) is 15.3 Å². The van der Waals surface area contributed by atoms with Crippen molar-refractivity contribution < 1.29 is 38.2 Å². The number of hydrogen-bond donors (Lipinski definition) is 3. The average Bonchev–Trinajstić information content (AvgIpc) is 3.03. The van der Waals surface area contributed by atoms with Gasteiger partial charge in [0, 0.05) is 37.3 Å². The second-order valence-corrected chi connectivity index (χ2v) is 11.9. The maximum atomic E-state index is 13.5. The highest BCUT2D eigenvalue weighted by molar-refractivity contribution is 7.51. The van der Waals surface area contributed by atoms with Crippen LogP contribution < -0.4 is 10.1 Å². The molecule has 3 amide bonds. The highest BCUT2D eigenvalue weighted by Crippen LogP contribution is 2.35. The van der Waals surface area contributed by atoms with Crippen LogP contribution in [0.2, 0.25) is 0 Å². The largest absolute Gasteiger partial charge is 0.497 e. The van der Waals surface area contributed by atoms with E-state index in [0.717, 1.165) is 12.8 Å². The van der Waals surface area contributed by atoms with Gasteiger partial charge >= 0.3 is 13.7 Å². The standard InChI is InChI=1S/C30H36N5O8P/c1-3-4-18-43-30(38)35-16-14-34(15-17-35)29(37)26(20-44(39,40)41)33-28(36)25-19-24(21-10-12-23(42-2)13-11-21)31-27(32-25)22-8-6-5-7-9-22/h5-13,19,26H,3-4,14-18,20H2,1-2H3,(H,33,36)(H2,39,40,41). The van der Waals surface area contributed by atoms with Gasteiger partial charge in [0.15, 0.2) is 5.82 Å². The first-order chi connectivity index (χ1) is 21.1. The molecule has 1 unspecified atom stereocenters. The number of piperazine rings is 1. The van der Waals surface area contributed by atoms with Gasteiger partial charge in [0.1, 0.15) is 17.5 Å². The summed E-state index contributed by atoms with van der Waals surface area (Å²) in [5, 5.41) is 2.49. The number of nitrogens with zero attached hydrogens (tertiary/aromatic N) is 4. The summed E-state index contributed by atoms with van der Waals surface area (Å²) in [6.07, 6.45) is 0.248. The fourth-order valence-electron chi connectivity index (χ4n) is 4.57. The Morgan fingerprint density at radius 3 is 2.23 bits per heavy atom. The van der Waals surface area contributed by atoms with Crippen molar-refractivity contribution in [3.8, 4) is 28.4 Å². The van der Waals surface area contributed by atoms with Gasteiger partial charge in [0.25, 0.3) is 5.91 Å². The molecule has 1 saturated heterocycles. The molecule has 3 aromatic rings. The molecular weight excluding hydrogens is 589 g/mol. The minimum absolute atomic E-state index is 0.0900. The maximum Gasteiger partial charge on any atom is 0.409 e. The summed E-state index contributed by atoms with van der Waals surface area (Å²) in [6.45, 7) is 2.89. The molecule has 0 saturated carbocycles. The van der Waals surface area contributed by atoms with Gasteiger partial charge in [-0.2, -0.15) is 0 Å². The van der Waals surface area contributed by atoms with Crippen molar-refractivity contribution in [2.75, 3.05) is 46.1 Å². The quantitative estimate of drug-likeness (QED) is 0.212. The molecule has 1 aliphatic heterocycles. The molecule has 1 fully saturated rings. The molecule has 0 spiro atoms. The van der Waals surface area contributed by atoms with E-state index < -0.39 is 37.7 Å². The lowest BCUT2D eigenvalue weighted by atomic mass is 10.1. The zero-order chi connectivity index (χ0) is 31.7. The molecule has 4 rings (SSSR count). The summed E-state index contributed by atoms with van der Waals surface area (Å²) in [5.41, 5.74) is 1.65. The van der Waals surface area contributed by atoms with Crippen LogP contribution in [0.25, 0.3) is 22.6 Å². The zero-order valence-corrected chi connectivity index (χ0v) is 25.5. The molecule has 234 valence electrons. The Hall–Kier alpha value is -4.32. The monoisotopic (exact) mass is 625 g/mol. The highest BCUT2D eigenvalue weighted by Gasteiger charge is 2.35. The molecule has 1 aliphatic rings. The first-order valence-corrected chi connectivity index (χ1v) is 16.0. The van der Waals surface area contributed by atoms with Gasteiger partial charge in [-0.1, -0.05) is 43.7 Å². The number of aromatic nitrogens is 2. The predicted octanol–water partition coefficient (Wildman–Crippen LogP) is 3.18. The summed E-state index contributed by atoms with van der Waals surface area (Å²) < 4.78 is 22.5. The first-order valence-electron chi connectivity index (χ1n) is 14.2. The molecule has 3 N–H and O–H groups in total. The number of benzene rings is 2. The lowest BCUT2D eigenvalue weighted by Gasteiger charge is -2.36. The second kappa shape index (κ2) is 14.9. The minimum atomic E-state index is -4.73. The normalized spacial score (nSPS) is 14.1. The Morgan fingerprint density at radius 2 is 1.61 bits per heavy atom. The number of carbonyl (C=O) groups is 3. The van der Waals surface area contributed by atoms with E-state index in [4.69, 9.17) is 9.47 Å². The van der Waals surface area contributed by atoms with Gasteiger partial charge in [0.05, 0.1) is 25.6 Å². The van der Waals surface area contributed by atoms with Crippen LogP contribution in [0.4, 0.5) is 4.79 Å². The fourth-order valence-corrected chi connectivity index (χ4v) is 5.29. The molecule has 1 atom stereocenters. The van der Waals surface area contributed by atoms with E-state index in [0.29, 0.717) is 29.2 Å². The van der Waals surface area contributed by atoms with Gasteiger partial charge < -0.3 is 34.4 Å². The van der Waals surface area contributed by atoms with Crippen molar-refractivity contribution in [2.45, 2.75) is 25.8 Å². The van der Waals surface area contributed by atoms with Crippen molar-refractivity contribution >= 4 is 25.5 Å². The Bertz CT molecular complexity index is 1490. The van der Waals surface area contributed by atoms with Crippen LogP contribution in [0.3, 0.4) is 0 Å². The van der Waals surface area contributed by atoms with Crippen molar-refractivity contribution in [1.82, 2.24) is 25.1 Å². The molecule has 2 heterocycles. The van der Waals surface area contributed by atoms with Crippen LogP contribution in [0.15, 0.2) is 60.7 Å². The van der Waals surface area contributed by atoms with Crippen molar-refractivity contribution in [3.05, 3.63) is 66.4 Å². The lowest BCUT2D eigenvalue weighted by molar-refractivity contribution is -0.134. The molecule has 14 heteroatoms. The third kappa shape index (κ3) is 8.85. The van der Waals surface area contributed by atoms with Crippen LogP contribution in [0.5, 0.6) is 5.75 Å². The van der Waals surface area contributed by atoms with Gasteiger partial charge in [-0.25, -0.2) is 14.8 Å². The highest BCUT2D eigenvalue weighted by atomic mass is 31.2. The van der Waals surface area contributed by atoms with Gasteiger partial charge in [0.2, 0.25) is 5.91 Å². The topological polar surface area (TPSA) is 171 Å². The molecule has 13 nitrogen and oxygen atoms in total. The van der Waals surface area contributed by atoms with Crippen molar-refractivity contribution in [3.63, 3.8) is 0 Å². The molecule has 1 aromatic heterocycles. The fraction of sp³-hybridized carbons (Fsp3) is 0.367. The molecular formula is C30H36N5O8P. The summed E-state index contributed by atoms with van der Waals surface area (Å²) in [6, 6.07) is 16.0. The Morgan fingerprint density at radius 1 is 0.955 bits per heavy atom. The van der Waals surface area contributed by atoms with Crippen LogP contribution in [0, 0.1) is 0 Å². The van der Waals surface area contributed by atoms with Gasteiger partial charge in [-0.3, -0.25) is 14.2 Å². The number of rotatable bonds is 11. The second-order valence-electron chi connectivity index (χ2n) is 10.2. The van der Waals surface area contributed by atoms with Crippen molar-refractivity contribution in [1.29, 1.82) is 0 Å². The van der Waals surface area contributed by atoms with E-state index in [1.807, 2.05) is 13.0 Å². The van der Waals surface area contributed by atoms with Crippen LogP contribution >= 0.6 is 7.60 Å². The molecule has 0 bridgehead atoms. The predicted molar refractivity (Wildman–Crippen MR) is 162 cm³/mol. The van der Waals surface area contributed by atoms with E-state index in [9.17, 15) is 28.7 Å². The number of unbranched alkanes of at least 4 members (excludes halogenated alkanes) is 1. The summed E-state index contributed by atoms with van der Waals surface area (Å²) in [5.74, 6) is -0.585. The zero-order valence-electron chi connectivity index (χ0n) is 24.6. The number of methoxy groups -OCH3 is 1. The summed E-state index contributed by atoms with van der Waals surface area (Å²) in [4.78, 5) is 70.7. The Kier molecular flexibility index (Phi) is 11.0. The van der Waals surface area contributed by atoms with E-state index in [1.54, 1.807) is 55.6 Å². The lowest BCUT2D eigenvalue weighted by Crippen LogP contribution is -2.56. The third-order valence-electron chi connectivity index (χ3n) is 6.97. The molecule has 44 heavy (non-hydrogen) atoms. The maximum absolute atomic E-state index is 13.5. The van der Waals surface area contributed by atoms with Gasteiger partial charge in [-0.15, -0.1) is 0 Å². The number of nitrogens with one attached hydrogen (secondary N) is 1. The SMILES string of the molecule is CCCCOC(=O)N1CCN(C(=O)C(CP(=O)(O)O)NC(=O)c2cc(-c3ccc(OC)cc3)nc(-c3ccccc3)n2)CC1. The third-order valence-corrected chi connectivity index (χ3v) is 7.81. The number of hydrogen-bond acceptors (Lipinski definition) is 8. The molecule has 2 aromatic carbocycles. The smallest absolute Gasteiger partial charge is 0.409 e. The Labute approximate surface area is 255 Å². The summed E-state index contributed by atoms with van der Waals surface area (Å²) >= 11 is 0. The molecule has 0 radical (unpaired) electrons. The summed E-state index contributed by atoms with van der Waals surface area (Å²) in [7, 11) is -3.18. The first kappa shape index (κ1) is 32.6. The van der Waals surface area contributed by atoms with Crippen LogP contribution in [-0.4, -0.2) is 99.6 Å². The number of carbonyl (C=O) groups excluding carboxylic acids is 3. The number of amides is 3. The molecule has 0 aliphatic carbocycles. The van der Waals surface area contributed by atoms with E-state index >= 15 is 0 Å².